The smallest absolute Gasteiger partial charge is 0.111 e. The third kappa shape index (κ3) is 0.669. The Hall–Kier alpha value is -1.05. The summed E-state index contributed by atoms with van der Waals surface area (Å²) >= 11 is 0. The summed E-state index contributed by atoms with van der Waals surface area (Å²) in [6, 6.07) is 0.235. The molecular formula is C7H6NO. The van der Waals surface area contributed by atoms with Crippen LogP contribution in [0.4, 0.5) is 0 Å². The van der Waals surface area contributed by atoms with Gasteiger partial charge in [-0.05, 0) is 17.7 Å². The van der Waals surface area contributed by atoms with Crippen LogP contribution in [0.2, 0.25) is 0 Å². The number of allylic oxidation sites excluding steroid dienone is 1. The van der Waals surface area contributed by atoms with Crippen LogP contribution in [0.15, 0.2) is 29.0 Å². The van der Waals surface area contributed by atoms with Crippen molar-refractivity contribution in [3.8, 4) is 0 Å². The standard InChI is InChI=1S/C7H6NO/c1-3-8-7-2-4-9-5-6(1)7/h1-2,4,7H,5H2. The van der Waals surface area contributed by atoms with Crippen molar-refractivity contribution in [2.24, 2.45) is 4.99 Å². The van der Waals surface area contributed by atoms with Crippen LogP contribution in [0.5, 0.6) is 0 Å². The predicted octanol–water partition coefficient (Wildman–Crippen LogP) is 0.787. The molecular weight excluding hydrogens is 114 g/mol. The highest BCUT2D eigenvalue weighted by atomic mass is 16.5. The van der Waals surface area contributed by atoms with Crippen molar-refractivity contribution >= 4 is 6.21 Å². The molecule has 0 saturated heterocycles. The molecule has 2 heteroatoms. The summed E-state index contributed by atoms with van der Waals surface area (Å²) in [6.07, 6.45) is 8.30. The van der Waals surface area contributed by atoms with Crippen molar-refractivity contribution < 1.29 is 4.74 Å². The fourth-order valence-electron chi connectivity index (χ4n) is 0.937. The molecule has 45 valence electrons. The van der Waals surface area contributed by atoms with E-state index in [4.69, 9.17) is 4.74 Å². The summed E-state index contributed by atoms with van der Waals surface area (Å²) in [6.45, 7) is 0.678. The van der Waals surface area contributed by atoms with Gasteiger partial charge < -0.3 is 4.74 Å². The Kier molecular flexibility index (Phi) is 0.918. The van der Waals surface area contributed by atoms with E-state index in [2.05, 4.69) is 11.2 Å². The molecule has 0 aromatic rings. The summed E-state index contributed by atoms with van der Waals surface area (Å²) in [5, 5.41) is 0. The molecule has 0 bridgehead atoms. The molecule has 1 radical (unpaired) electrons. The van der Waals surface area contributed by atoms with E-state index in [1.54, 1.807) is 6.26 Å². The second-order valence-electron chi connectivity index (χ2n) is 2.06. The topological polar surface area (TPSA) is 21.6 Å². The zero-order valence-electron chi connectivity index (χ0n) is 4.87. The molecule has 0 spiro atoms. The maximum atomic E-state index is 5.03. The molecule has 2 aliphatic heterocycles. The molecule has 0 fully saturated rings. The summed E-state index contributed by atoms with van der Waals surface area (Å²) < 4.78 is 5.03. The third-order valence-electron chi connectivity index (χ3n) is 1.45. The lowest BCUT2D eigenvalue weighted by atomic mass is 10.1. The van der Waals surface area contributed by atoms with Gasteiger partial charge in [0, 0.05) is 0 Å². The number of hydrogen-bond acceptors (Lipinski definition) is 2. The fraction of sp³-hybridized carbons (Fsp3) is 0.286. The largest absolute Gasteiger partial charge is 0.497 e. The van der Waals surface area contributed by atoms with Gasteiger partial charge in [0.1, 0.15) is 6.61 Å². The van der Waals surface area contributed by atoms with Crippen LogP contribution < -0.4 is 0 Å². The molecule has 2 rings (SSSR count). The second kappa shape index (κ2) is 1.72. The Morgan fingerprint density at radius 3 is 3.67 bits per heavy atom. The number of nitrogens with zero attached hydrogens (tertiary/aromatic N) is 1. The summed E-state index contributed by atoms with van der Waals surface area (Å²) in [7, 11) is 0. The highest BCUT2D eigenvalue weighted by Crippen LogP contribution is 2.16. The van der Waals surface area contributed by atoms with Gasteiger partial charge in [-0.2, -0.15) is 0 Å². The van der Waals surface area contributed by atoms with E-state index >= 15 is 0 Å². The van der Waals surface area contributed by atoms with E-state index in [-0.39, 0.29) is 6.04 Å². The normalized spacial score (nSPS) is 29.3. The molecule has 0 aliphatic carbocycles. The van der Waals surface area contributed by atoms with E-state index in [0.717, 1.165) is 0 Å². The molecule has 0 aromatic carbocycles. The van der Waals surface area contributed by atoms with Crippen LogP contribution in [0.25, 0.3) is 0 Å². The molecule has 1 atom stereocenters. The van der Waals surface area contributed by atoms with E-state index in [9.17, 15) is 0 Å². The summed E-state index contributed by atoms with van der Waals surface area (Å²) in [4.78, 5) is 4.05. The van der Waals surface area contributed by atoms with Gasteiger partial charge in [-0.3, -0.25) is 4.99 Å². The van der Waals surface area contributed by atoms with Crippen LogP contribution in [0.1, 0.15) is 0 Å². The highest BCUT2D eigenvalue weighted by Gasteiger charge is 2.15. The van der Waals surface area contributed by atoms with Gasteiger partial charge in [-0.25, -0.2) is 0 Å². The predicted molar refractivity (Wildman–Crippen MR) is 34.4 cm³/mol. The lowest BCUT2D eigenvalue weighted by Gasteiger charge is -2.12. The van der Waals surface area contributed by atoms with Gasteiger partial charge >= 0.3 is 0 Å². The van der Waals surface area contributed by atoms with Crippen LogP contribution in [-0.2, 0) is 4.74 Å². The first kappa shape index (κ1) is 4.79. The molecule has 0 saturated carbocycles. The Labute approximate surface area is 53.5 Å². The Balaban J connectivity index is 2.31. The van der Waals surface area contributed by atoms with Crippen molar-refractivity contribution in [3.63, 3.8) is 0 Å². The van der Waals surface area contributed by atoms with E-state index in [0.29, 0.717) is 6.61 Å². The lowest BCUT2D eigenvalue weighted by molar-refractivity contribution is 0.264. The molecule has 2 nitrogen and oxygen atoms in total. The molecule has 0 amide bonds. The molecule has 1 unspecified atom stereocenters. The first-order chi connectivity index (χ1) is 4.47. The average Bonchev–Trinajstić information content (AvgIpc) is 2.33. The number of fused-ring (bicyclic) bond motifs is 1. The van der Waals surface area contributed by atoms with Crippen LogP contribution in [0, 0.1) is 0 Å². The fourth-order valence-corrected chi connectivity index (χ4v) is 0.937. The monoisotopic (exact) mass is 120 g/mol. The average molecular weight is 120 g/mol. The van der Waals surface area contributed by atoms with Gasteiger partial charge in [-0.15, -0.1) is 0 Å². The van der Waals surface area contributed by atoms with Gasteiger partial charge in [0.2, 0.25) is 0 Å². The number of hydrogen-bond donors (Lipinski definition) is 0. The SMILES string of the molecule is [C]1=NC2C=COCC2=C1. The molecule has 0 N–H and O–H groups in total. The van der Waals surface area contributed by atoms with Crippen molar-refractivity contribution in [3.05, 3.63) is 24.0 Å². The first-order valence-corrected chi connectivity index (χ1v) is 2.89. The van der Waals surface area contributed by atoms with Crippen molar-refractivity contribution in [2.75, 3.05) is 6.61 Å². The second-order valence-corrected chi connectivity index (χ2v) is 2.06. The van der Waals surface area contributed by atoms with Gasteiger partial charge in [0.05, 0.1) is 18.5 Å². The van der Waals surface area contributed by atoms with Crippen LogP contribution >= 0.6 is 0 Å². The molecule has 2 heterocycles. The molecule has 2 aliphatic rings. The van der Waals surface area contributed by atoms with Gasteiger partial charge in [0.25, 0.3) is 0 Å². The quantitative estimate of drug-likeness (QED) is 0.463. The molecule has 9 heavy (non-hydrogen) atoms. The lowest BCUT2D eigenvalue weighted by Crippen LogP contribution is -2.10. The number of ether oxygens (including phenoxy) is 1. The minimum absolute atomic E-state index is 0.235. The summed E-state index contributed by atoms with van der Waals surface area (Å²) in [5.41, 5.74) is 1.21. The maximum Gasteiger partial charge on any atom is 0.111 e. The Morgan fingerprint density at radius 2 is 2.78 bits per heavy atom. The van der Waals surface area contributed by atoms with Crippen molar-refractivity contribution in [1.29, 1.82) is 0 Å². The van der Waals surface area contributed by atoms with E-state index < -0.39 is 0 Å². The van der Waals surface area contributed by atoms with Crippen molar-refractivity contribution in [1.82, 2.24) is 0 Å². The minimum Gasteiger partial charge on any atom is -0.497 e. The van der Waals surface area contributed by atoms with Crippen LogP contribution in [-0.4, -0.2) is 18.9 Å². The Morgan fingerprint density at radius 1 is 1.78 bits per heavy atom. The number of rotatable bonds is 0. The molecule has 0 aromatic heterocycles. The van der Waals surface area contributed by atoms with E-state index in [1.807, 2.05) is 12.2 Å². The minimum atomic E-state index is 0.235. The first-order valence-electron chi connectivity index (χ1n) is 2.89. The zero-order valence-corrected chi connectivity index (χ0v) is 4.87. The Bertz CT molecular complexity index is 203. The summed E-state index contributed by atoms with van der Waals surface area (Å²) in [5.74, 6) is 0. The maximum absolute atomic E-state index is 5.03. The third-order valence-corrected chi connectivity index (χ3v) is 1.45. The zero-order chi connectivity index (χ0) is 6.10. The van der Waals surface area contributed by atoms with Gasteiger partial charge in [0.15, 0.2) is 0 Å². The van der Waals surface area contributed by atoms with E-state index in [1.165, 1.54) is 5.57 Å². The number of aliphatic imine (C=N–C) groups is 1. The highest BCUT2D eigenvalue weighted by molar-refractivity contribution is 5.76. The van der Waals surface area contributed by atoms with Crippen molar-refractivity contribution in [2.45, 2.75) is 6.04 Å². The van der Waals surface area contributed by atoms with Gasteiger partial charge in [-0.1, -0.05) is 0 Å². The van der Waals surface area contributed by atoms with Crippen LogP contribution in [0.3, 0.4) is 0 Å².